The van der Waals surface area contributed by atoms with E-state index in [1.54, 1.807) is 19.1 Å². The fraction of sp³-hybridized carbons (Fsp3) is 0.133. The van der Waals surface area contributed by atoms with E-state index in [4.69, 9.17) is 5.11 Å². The average Bonchev–Trinajstić information content (AvgIpc) is 2.38. The summed E-state index contributed by atoms with van der Waals surface area (Å²) in [7, 11) is 0. The number of rotatable bonds is 3. The second kappa shape index (κ2) is 7.62. The Labute approximate surface area is 170 Å². The van der Waals surface area contributed by atoms with Crippen LogP contribution in [-0.4, -0.2) is 80.0 Å². The Bertz CT molecular complexity index is 570. The van der Waals surface area contributed by atoms with Crippen molar-refractivity contribution in [2.75, 3.05) is 0 Å². The Kier molecular flexibility index (Phi) is 6.79. The van der Waals surface area contributed by atoms with E-state index in [1.807, 2.05) is 30.3 Å². The molecule has 0 aliphatic carbocycles. The van der Waals surface area contributed by atoms with Crippen LogP contribution in [0.5, 0.6) is 0 Å². The van der Waals surface area contributed by atoms with Crippen LogP contribution in [-0.2, 0) is 4.79 Å². The molecule has 0 aliphatic heterocycles. The number of hydrogen-bond donors (Lipinski definition) is 1. The van der Waals surface area contributed by atoms with Gasteiger partial charge in [-0.15, -0.1) is 0 Å². The van der Waals surface area contributed by atoms with E-state index in [0.717, 1.165) is 5.56 Å². The van der Waals surface area contributed by atoms with Gasteiger partial charge in [-0.25, -0.2) is 4.39 Å². The van der Waals surface area contributed by atoms with Gasteiger partial charge in [0.15, 0.2) is 0 Å². The number of halogens is 1. The molecule has 2 nitrogen and oxygen atoms in total. The molecule has 94 valence electrons. The predicted octanol–water partition coefficient (Wildman–Crippen LogP) is 3.03. The van der Waals surface area contributed by atoms with Gasteiger partial charge in [-0.05, 0) is 24.1 Å². The van der Waals surface area contributed by atoms with Gasteiger partial charge in [-0.3, -0.25) is 4.79 Å². The molecule has 1 N–H and O–H groups in total. The number of benzene rings is 2. The summed E-state index contributed by atoms with van der Waals surface area (Å²) < 4.78 is 14.0. The molecule has 1 unspecified atom stereocenters. The quantitative estimate of drug-likeness (QED) is 0.892. The van der Waals surface area contributed by atoms with Crippen LogP contribution in [0.15, 0.2) is 48.5 Å². The first kappa shape index (κ1) is 16.9. The molecular weight excluding hydrogens is 364 g/mol. The first-order valence-corrected chi connectivity index (χ1v) is 5.67. The van der Waals surface area contributed by atoms with Gasteiger partial charge in [0.1, 0.15) is 5.82 Å². The van der Waals surface area contributed by atoms with E-state index in [1.165, 1.54) is 6.07 Å². The molecule has 0 saturated heterocycles. The molecular formula is C15H14CsFO2. The second-order valence-electron chi connectivity index (χ2n) is 4.17. The molecule has 0 bridgehead atoms. The summed E-state index contributed by atoms with van der Waals surface area (Å²) in [5.74, 6) is -2.06. The molecule has 0 saturated carbocycles. The predicted molar refractivity (Wildman–Crippen MR) is 75.0 cm³/mol. The number of carbonyl (C=O) groups is 1. The zero-order valence-electron chi connectivity index (χ0n) is 9.93. The number of carboxylic acid groups (broad SMARTS) is 1. The van der Waals surface area contributed by atoms with Crippen molar-refractivity contribution in [2.45, 2.75) is 12.8 Å². The standard InChI is InChI=1S/C15H13FO2.Cs.H/c1-10(15(17)18)12-7-8-13(14(16)9-12)11-5-3-2-4-6-11;;/h2-10H,1H3,(H,17,18);;. The second-order valence-corrected chi connectivity index (χ2v) is 4.17. The summed E-state index contributed by atoms with van der Waals surface area (Å²) in [6, 6.07) is 13.7. The summed E-state index contributed by atoms with van der Waals surface area (Å²) in [5.41, 5.74) is 1.74. The van der Waals surface area contributed by atoms with Crippen LogP contribution in [0, 0.1) is 5.82 Å². The van der Waals surface area contributed by atoms with Gasteiger partial charge < -0.3 is 5.11 Å². The molecule has 0 fully saturated rings. The van der Waals surface area contributed by atoms with E-state index < -0.39 is 17.7 Å². The van der Waals surface area contributed by atoms with Crippen LogP contribution in [0.3, 0.4) is 0 Å². The van der Waals surface area contributed by atoms with Gasteiger partial charge in [-0.1, -0.05) is 42.5 Å². The molecule has 0 radical (unpaired) electrons. The van der Waals surface area contributed by atoms with E-state index in [0.29, 0.717) is 11.1 Å². The molecule has 1 atom stereocenters. The molecule has 19 heavy (non-hydrogen) atoms. The van der Waals surface area contributed by atoms with Crippen molar-refractivity contribution in [3.63, 3.8) is 0 Å². The molecule has 0 aromatic heterocycles. The van der Waals surface area contributed by atoms with Crippen molar-refractivity contribution >= 4 is 74.9 Å². The zero-order chi connectivity index (χ0) is 13.1. The minimum absolute atomic E-state index is 0. The topological polar surface area (TPSA) is 37.3 Å². The minimum atomic E-state index is -0.957. The van der Waals surface area contributed by atoms with Crippen molar-refractivity contribution in [2.24, 2.45) is 0 Å². The van der Waals surface area contributed by atoms with E-state index in [9.17, 15) is 9.18 Å². The Morgan fingerprint density at radius 2 is 1.79 bits per heavy atom. The van der Waals surface area contributed by atoms with Gasteiger partial charge in [0.05, 0.1) is 5.92 Å². The molecule has 4 heteroatoms. The van der Waals surface area contributed by atoms with Crippen molar-refractivity contribution < 1.29 is 14.3 Å². The fourth-order valence-electron chi connectivity index (χ4n) is 1.80. The summed E-state index contributed by atoms with van der Waals surface area (Å²) >= 11 is 0. The van der Waals surface area contributed by atoms with Crippen LogP contribution < -0.4 is 0 Å². The SMILES string of the molecule is CC(C(=O)O)c1ccc(-c2ccccc2)c(F)c1.[CsH]. The molecule has 0 spiro atoms. The fourth-order valence-corrected chi connectivity index (χ4v) is 1.80. The van der Waals surface area contributed by atoms with E-state index >= 15 is 0 Å². The van der Waals surface area contributed by atoms with Crippen LogP contribution >= 0.6 is 0 Å². The monoisotopic (exact) mass is 378 g/mol. The Hall–Kier alpha value is -0.108. The number of aliphatic carboxylic acids is 1. The first-order valence-electron chi connectivity index (χ1n) is 5.67. The third-order valence-corrected chi connectivity index (χ3v) is 2.95. The Balaban J connectivity index is 0.00000180. The van der Waals surface area contributed by atoms with Gasteiger partial charge in [0, 0.05) is 5.56 Å². The maximum absolute atomic E-state index is 14.0. The van der Waals surface area contributed by atoms with Crippen LogP contribution in [0.25, 0.3) is 11.1 Å². The summed E-state index contributed by atoms with van der Waals surface area (Å²) in [6.07, 6.45) is 0. The molecule has 2 rings (SSSR count). The summed E-state index contributed by atoms with van der Waals surface area (Å²) in [6.45, 7) is 1.54. The molecule has 2 aromatic carbocycles. The van der Waals surface area contributed by atoms with Crippen molar-refractivity contribution in [3.8, 4) is 11.1 Å². The van der Waals surface area contributed by atoms with Gasteiger partial charge in [0.2, 0.25) is 0 Å². The summed E-state index contributed by atoms with van der Waals surface area (Å²) in [5, 5.41) is 8.89. The van der Waals surface area contributed by atoms with Crippen LogP contribution in [0.1, 0.15) is 18.4 Å². The summed E-state index contributed by atoms with van der Waals surface area (Å²) in [4.78, 5) is 10.8. The van der Waals surface area contributed by atoms with E-state index in [2.05, 4.69) is 0 Å². The van der Waals surface area contributed by atoms with Crippen LogP contribution in [0.2, 0.25) is 0 Å². The van der Waals surface area contributed by atoms with Crippen LogP contribution in [0.4, 0.5) is 4.39 Å². The number of carboxylic acids is 1. The van der Waals surface area contributed by atoms with Crippen molar-refractivity contribution in [3.05, 3.63) is 59.9 Å². The molecule has 2 aromatic rings. The van der Waals surface area contributed by atoms with Crippen molar-refractivity contribution in [1.29, 1.82) is 0 Å². The Morgan fingerprint density at radius 3 is 2.32 bits per heavy atom. The third-order valence-electron chi connectivity index (χ3n) is 2.95. The van der Waals surface area contributed by atoms with Crippen molar-refractivity contribution in [1.82, 2.24) is 0 Å². The Morgan fingerprint density at radius 1 is 1.16 bits per heavy atom. The van der Waals surface area contributed by atoms with Gasteiger partial charge in [-0.2, -0.15) is 0 Å². The maximum atomic E-state index is 14.0. The molecule has 0 amide bonds. The molecule has 0 heterocycles. The van der Waals surface area contributed by atoms with Gasteiger partial charge in [0.25, 0.3) is 0 Å². The first-order chi connectivity index (χ1) is 8.59. The average molecular weight is 378 g/mol. The zero-order valence-corrected chi connectivity index (χ0v) is 9.93. The number of hydrogen-bond acceptors (Lipinski definition) is 1. The van der Waals surface area contributed by atoms with Gasteiger partial charge >= 0.3 is 74.9 Å². The normalized spacial score (nSPS) is 11.5. The molecule has 0 aliphatic rings. The third kappa shape index (κ3) is 4.18. The van der Waals surface area contributed by atoms with E-state index in [-0.39, 0.29) is 68.9 Å².